The summed E-state index contributed by atoms with van der Waals surface area (Å²) in [5.74, 6) is 1.02. The van der Waals surface area contributed by atoms with E-state index in [1.807, 2.05) is 18.2 Å². The Hall–Kier alpha value is -2.86. The fourth-order valence-electron chi connectivity index (χ4n) is 4.70. The van der Waals surface area contributed by atoms with E-state index in [0.717, 1.165) is 31.3 Å². The molecule has 0 radical (unpaired) electrons. The van der Waals surface area contributed by atoms with E-state index in [-0.39, 0.29) is 17.9 Å². The number of amides is 1. The Bertz CT molecular complexity index is 933. The molecule has 2 aliphatic rings. The van der Waals surface area contributed by atoms with Gasteiger partial charge >= 0.3 is 0 Å². The summed E-state index contributed by atoms with van der Waals surface area (Å²) in [5, 5.41) is 9.86. The number of guanidine groups is 1. The van der Waals surface area contributed by atoms with Gasteiger partial charge in [-0.1, -0.05) is 48.0 Å². The van der Waals surface area contributed by atoms with Crippen molar-refractivity contribution in [3.63, 3.8) is 0 Å². The molecule has 0 bridgehead atoms. The second kappa shape index (κ2) is 10.6. The Labute approximate surface area is 191 Å². The minimum absolute atomic E-state index is 0.0749. The standard InChI is InChI=1S/C26H35N5O/c1-3-27-26(28-17-21-16-25(32)30-23-9-5-4-8-22(21)23)29-18-24(31-14-6-7-15-31)20-12-10-19(2)11-13-20/h4-5,8-13,21,24H,3,6-7,14-18H2,1-2H3,(H,30,32)(H2,27,28,29). The molecule has 2 unspecified atom stereocenters. The van der Waals surface area contributed by atoms with Gasteiger partial charge in [-0.2, -0.15) is 0 Å². The molecule has 0 aromatic heterocycles. The number of rotatable bonds is 7. The van der Waals surface area contributed by atoms with Crippen molar-refractivity contribution < 1.29 is 4.79 Å². The van der Waals surface area contributed by atoms with Gasteiger partial charge in [-0.25, -0.2) is 0 Å². The molecule has 6 heteroatoms. The predicted molar refractivity (Wildman–Crippen MR) is 131 cm³/mol. The van der Waals surface area contributed by atoms with Crippen molar-refractivity contribution in [1.29, 1.82) is 0 Å². The van der Waals surface area contributed by atoms with E-state index >= 15 is 0 Å². The Morgan fingerprint density at radius 3 is 2.62 bits per heavy atom. The van der Waals surface area contributed by atoms with Crippen LogP contribution in [0.15, 0.2) is 53.5 Å². The molecule has 1 saturated heterocycles. The molecule has 170 valence electrons. The van der Waals surface area contributed by atoms with Crippen molar-refractivity contribution in [2.75, 3.05) is 38.0 Å². The number of hydrogen-bond acceptors (Lipinski definition) is 3. The van der Waals surface area contributed by atoms with E-state index in [0.29, 0.717) is 19.5 Å². The Kier molecular flexibility index (Phi) is 7.43. The third-order valence-corrected chi connectivity index (χ3v) is 6.43. The van der Waals surface area contributed by atoms with Crippen LogP contribution in [0, 0.1) is 6.92 Å². The number of nitrogens with one attached hydrogen (secondary N) is 3. The fraction of sp³-hybridized carbons (Fsp3) is 0.462. The highest BCUT2D eigenvalue weighted by molar-refractivity contribution is 5.94. The molecule has 2 atom stereocenters. The van der Waals surface area contributed by atoms with Gasteiger partial charge in [-0.3, -0.25) is 14.7 Å². The minimum Gasteiger partial charge on any atom is -0.357 e. The average Bonchev–Trinajstić information content (AvgIpc) is 3.33. The Morgan fingerprint density at radius 1 is 1.12 bits per heavy atom. The van der Waals surface area contributed by atoms with Gasteiger partial charge in [-0.15, -0.1) is 0 Å². The van der Waals surface area contributed by atoms with E-state index in [4.69, 9.17) is 4.99 Å². The highest BCUT2D eigenvalue weighted by atomic mass is 16.1. The summed E-state index contributed by atoms with van der Waals surface area (Å²) in [4.78, 5) is 19.7. The summed E-state index contributed by atoms with van der Waals surface area (Å²) < 4.78 is 0. The van der Waals surface area contributed by atoms with E-state index < -0.39 is 0 Å². The van der Waals surface area contributed by atoms with E-state index in [9.17, 15) is 4.79 Å². The van der Waals surface area contributed by atoms with Crippen LogP contribution >= 0.6 is 0 Å². The first-order valence-electron chi connectivity index (χ1n) is 11.9. The summed E-state index contributed by atoms with van der Waals surface area (Å²) >= 11 is 0. The van der Waals surface area contributed by atoms with Crippen LogP contribution in [-0.4, -0.2) is 49.5 Å². The highest BCUT2D eigenvalue weighted by Crippen LogP contribution is 2.31. The molecule has 0 spiro atoms. The van der Waals surface area contributed by atoms with Gasteiger partial charge in [0.1, 0.15) is 0 Å². The maximum Gasteiger partial charge on any atom is 0.225 e. The lowest BCUT2D eigenvalue weighted by Gasteiger charge is -2.28. The normalized spacial score (nSPS) is 19.9. The summed E-state index contributed by atoms with van der Waals surface area (Å²) in [6.07, 6.45) is 3.00. The number of likely N-dealkylation sites (tertiary alicyclic amines) is 1. The van der Waals surface area contributed by atoms with Crippen molar-refractivity contribution in [1.82, 2.24) is 15.5 Å². The third kappa shape index (κ3) is 5.49. The topological polar surface area (TPSA) is 68.8 Å². The van der Waals surface area contributed by atoms with Crippen LogP contribution in [0.3, 0.4) is 0 Å². The average molecular weight is 434 g/mol. The summed E-state index contributed by atoms with van der Waals surface area (Å²) in [7, 11) is 0. The molecule has 32 heavy (non-hydrogen) atoms. The Balaban J connectivity index is 1.47. The van der Waals surface area contributed by atoms with Crippen LogP contribution in [0.5, 0.6) is 0 Å². The highest BCUT2D eigenvalue weighted by Gasteiger charge is 2.26. The monoisotopic (exact) mass is 433 g/mol. The zero-order valence-electron chi connectivity index (χ0n) is 19.2. The number of benzene rings is 2. The third-order valence-electron chi connectivity index (χ3n) is 6.43. The van der Waals surface area contributed by atoms with Crippen LogP contribution in [0.25, 0.3) is 0 Å². The van der Waals surface area contributed by atoms with Crippen molar-refractivity contribution in [2.24, 2.45) is 4.99 Å². The molecule has 6 nitrogen and oxygen atoms in total. The van der Waals surface area contributed by atoms with Gasteiger partial charge in [-0.05, 0) is 57.0 Å². The smallest absolute Gasteiger partial charge is 0.225 e. The number of carbonyl (C=O) groups is 1. The summed E-state index contributed by atoms with van der Waals surface area (Å²) in [6, 6.07) is 17.2. The number of anilines is 1. The Morgan fingerprint density at radius 2 is 1.88 bits per heavy atom. The quantitative estimate of drug-likeness (QED) is 0.459. The second-order valence-corrected chi connectivity index (χ2v) is 8.81. The van der Waals surface area contributed by atoms with E-state index in [2.05, 4.69) is 65.0 Å². The number of aryl methyl sites for hydroxylation is 1. The lowest BCUT2D eigenvalue weighted by Crippen LogP contribution is -2.41. The van der Waals surface area contributed by atoms with Crippen molar-refractivity contribution in [3.05, 3.63) is 65.2 Å². The molecule has 2 aromatic rings. The molecule has 2 heterocycles. The molecule has 3 N–H and O–H groups in total. The molecular weight excluding hydrogens is 398 g/mol. The van der Waals surface area contributed by atoms with Crippen LogP contribution in [0.4, 0.5) is 5.69 Å². The first kappa shape index (κ1) is 22.3. The lowest BCUT2D eigenvalue weighted by atomic mass is 9.90. The van der Waals surface area contributed by atoms with Crippen molar-refractivity contribution >= 4 is 17.6 Å². The van der Waals surface area contributed by atoms with Crippen LogP contribution < -0.4 is 16.0 Å². The molecule has 1 amide bonds. The molecule has 0 saturated carbocycles. The van der Waals surface area contributed by atoms with Gasteiger partial charge < -0.3 is 16.0 Å². The number of carbonyl (C=O) groups excluding carboxylic acids is 1. The van der Waals surface area contributed by atoms with Gasteiger partial charge in [0.2, 0.25) is 5.91 Å². The number of aliphatic imine (C=N–C) groups is 1. The zero-order valence-corrected chi connectivity index (χ0v) is 19.2. The number of fused-ring (bicyclic) bond motifs is 1. The zero-order chi connectivity index (χ0) is 22.3. The minimum atomic E-state index is 0.0749. The van der Waals surface area contributed by atoms with Crippen LogP contribution in [0.1, 0.15) is 54.8 Å². The first-order valence-corrected chi connectivity index (χ1v) is 11.9. The maximum absolute atomic E-state index is 12.2. The molecule has 4 rings (SSSR count). The fourth-order valence-corrected chi connectivity index (χ4v) is 4.70. The van der Waals surface area contributed by atoms with Gasteiger partial charge in [0.05, 0.1) is 12.6 Å². The molecule has 0 aliphatic carbocycles. The van der Waals surface area contributed by atoms with Gasteiger partial charge in [0.25, 0.3) is 0 Å². The first-order chi connectivity index (χ1) is 15.6. The predicted octanol–water partition coefficient (Wildman–Crippen LogP) is 3.81. The summed E-state index contributed by atoms with van der Waals surface area (Å²) in [5.41, 5.74) is 4.72. The van der Waals surface area contributed by atoms with Gasteiger partial charge in [0.15, 0.2) is 5.96 Å². The maximum atomic E-state index is 12.2. The number of para-hydroxylation sites is 1. The molecule has 1 fully saturated rings. The van der Waals surface area contributed by atoms with Crippen molar-refractivity contribution in [2.45, 2.75) is 45.1 Å². The molecule has 2 aromatic carbocycles. The summed E-state index contributed by atoms with van der Waals surface area (Å²) in [6.45, 7) is 8.65. The second-order valence-electron chi connectivity index (χ2n) is 8.81. The number of hydrogen-bond donors (Lipinski definition) is 3. The van der Waals surface area contributed by atoms with Gasteiger partial charge in [0, 0.05) is 31.1 Å². The lowest BCUT2D eigenvalue weighted by molar-refractivity contribution is -0.116. The van der Waals surface area contributed by atoms with Crippen molar-refractivity contribution in [3.8, 4) is 0 Å². The molecular formula is C26H35N5O. The largest absolute Gasteiger partial charge is 0.357 e. The molecule has 2 aliphatic heterocycles. The SMILES string of the molecule is CCNC(=NCC(c1ccc(C)cc1)N1CCCC1)NCC1CC(=O)Nc2ccccc21. The van der Waals surface area contributed by atoms with Crippen LogP contribution in [-0.2, 0) is 4.79 Å². The van der Waals surface area contributed by atoms with E-state index in [1.54, 1.807) is 0 Å². The van der Waals surface area contributed by atoms with Crippen LogP contribution in [0.2, 0.25) is 0 Å². The number of nitrogens with zero attached hydrogens (tertiary/aromatic N) is 2. The van der Waals surface area contributed by atoms with E-state index in [1.165, 1.54) is 29.5 Å².